The summed E-state index contributed by atoms with van der Waals surface area (Å²) in [5.41, 5.74) is 0.642. The Bertz CT molecular complexity index is 857. The number of carbonyl (C=O) groups is 1. The van der Waals surface area contributed by atoms with Crippen molar-refractivity contribution in [3.63, 3.8) is 0 Å². The lowest BCUT2D eigenvalue weighted by atomic mass is 9.93. The van der Waals surface area contributed by atoms with E-state index >= 15 is 0 Å². The van der Waals surface area contributed by atoms with Crippen LogP contribution in [0.25, 0.3) is 5.65 Å². The number of amides is 1. The topological polar surface area (TPSA) is 76.4 Å². The van der Waals surface area contributed by atoms with Gasteiger partial charge in [0.1, 0.15) is 5.69 Å². The smallest absolute Gasteiger partial charge is 0.279 e. The Morgan fingerprint density at radius 2 is 2.17 bits per heavy atom. The molecule has 2 heterocycles. The largest absolute Gasteiger partial charge is 0.356 e. The lowest BCUT2D eigenvalue weighted by molar-refractivity contribution is -0.121. The average molecular weight is 324 g/mol. The third kappa shape index (κ3) is 2.84. The van der Waals surface area contributed by atoms with E-state index in [4.69, 9.17) is 0 Å². The zero-order valence-corrected chi connectivity index (χ0v) is 13.4. The summed E-state index contributed by atoms with van der Waals surface area (Å²) >= 11 is 0. The molecule has 1 amide bonds. The first-order valence-electron chi connectivity index (χ1n) is 8.48. The molecule has 0 radical (unpaired) electrons. The molecule has 2 aromatic rings. The number of pyridine rings is 1. The predicted molar refractivity (Wildman–Crippen MR) is 89.4 cm³/mol. The van der Waals surface area contributed by atoms with Crippen LogP contribution in [0.3, 0.4) is 0 Å². The van der Waals surface area contributed by atoms with Crippen LogP contribution in [0, 0.1) is 17.8 Å². The van der Waals surface area contributed by atoms with Gasteiger partial charge in [-0.15, -0.1) is 10.2 Å². The lowest BCUT2D eigenvalue weighted by Gasteiger charge is -2.18. The number of nitrogens with one attached hydrogen (secondary N) is 1. The van der Waals surface area contributed by atoms with Crippen molar-refractivity contribution >= 4 is 11.6 Å². The van der Waals surface area contributed by atoms with E-state index in [0.717, 1.165) is 6.54 Å². The first-order valence-corrected chi connectivity index (χ1v) is 8.48. The molecule has 24 heavy (non-hydrogen) atoms. The molecule has 0 aromatic carbocycles. The van der Waals surface area contributed by atoms with Gasteiger partial charge in [0.05, 0.1) is 0 Å². The number of nitrogens with zero attached hydrogens (tertiary/aromatic N) is 3. The van der Waals surface area contributed by atoms with E-state index in [1.165, 1.54) is 17.2 Å². The molecule has 124 valence electrons. The van der Waals surface area contributed by atoms with Crippen molar-refractivity contribution in [2.45, 2.75) is 25.7 Å². The summed E-state index contributed by atoms with van der Waals surface area (Å²) in [5.74, 6) is 1.88. The lowest BCUT2D eigenvalue weighted by Crippen LogP contribution is -2.31. The summed E-state index contributed by atoms with van der Waals surface area (Å²) in [5, 5.41) is 11.0. The Kier molecular flexibility index (Phi) is 3.88. The van der Waals surface area contributed by atoms with E-state index in [9.17, 15) is 9.59 Å². The molecule has 2 aliphatic rings. The van der Waals surface area contributed by atoms with Gasteiger partial charge in [0.2, 0.25) is 5.91 Å². The quantitative estimate of drug-likeness (QED) is 0.842. The number of aromatic nitrogens is 3. The molecule has 1 N–H and O–H groups in total. The fourth-order valence-electron chi connectivity index (χ4n) is 3.83. The number of rotatable bonds is 5. The zero-order chi connectivity index (χ0) is 16.5. The minimum Gasteiger partial charge on any atom is -0.356 e. The van der Waals surface area contributed by atoms with Gasteiger partial charge in [-0.25, -0.2) is 0 Å². The Morgan fingerprint density at radius 3 is 2.96 bits per heavy atom. The fraction of sp³-hybridized carbons (Fsp3) is 0.444. The van der Waals surface area contributed by atoms with Crippen LogP contribution in [-0.4, -0.2) is 27.0 Å². The van der Waals surface area contributed by atoms with E-state index in [1.807, 2.05) is 0 Å². The number of allylic oxidation sites excluding steroid dienone is 2. The molecule has 2 aromatic heterocycles. The van der Waals surface area contributed by atoms with Crippen molar-refractivity contribution in [2.24, 2.45) is 17.8 Å². The Morgan fingerprint density at radius 1 is 1.25 bits per heavy atom. The molecule has 0 aliphatic heterocycles. The van der Waals surface area contributed by atoms with Crippen molar-refractivity contribution < 1.29 is 4.79 Å². The Balaban J connectivity index is 1.33. The minimum absolute atomic E-state index is 0.0267. The van der Waals surface area contributed by atoms with Crippen molar-refractivity contribution in [3.8, 4) is 0 Å². The molecular weight excluding hydrogens is 304 g/mol. The van der Waals surface area contributed by atoms with Gasteiger partial charge in [0.25, 0.3) is 5.56 Å². The highest BCUT2D eigenvalue weighted by molar-refractivity contribution is 5.76. The summed E-state index contributed by atoms with van der Waals surface area (Å²) in [7, 11) is 0. The molecule has 6 nitrogen and oxygen atoms in total. The molecule has 4 rings (SSSR count). The monoisotopic (exact) mass is 324 g/mol. The van der Waals surface area contributed by atoms with Crippen LogP contribution >= 0.6 is 0 Å². The van der Waals surface area contributed by atoms with Crippen molar-refractivity contribution in [2.75, 3.05) is 6.54 Å². The number of carbonyl (C=O) groups excluding carboxylic acids is 1. The van der Waals surface area contributed by atoms with Gasteiger partial charge in [-0.05, 0) is 42.7 Å². The maximum atomic E-state index is 12.3. The second kappa shape index (κ2) is 6.19. The van der Waals surface area contributed by atoms with Crippen LogP contribution in [0.1, 0.15) is 25.0 Å². The van der Waals surface area contributed by atoms with Gasteiger partial charge in [-0.2, -0.15) is 0 Å². The fourth-order valence-corrected chi connectivity index (χ4v) is 3.83. The second-order valence-corrected chi connectivity index (χ2v) is 6.73. The van der Waals surface area contributed by atoms with Crippen molar-refractivity contribution in [1.29, 1.82) is 0 Å². The molecule has 1 saturated carbocycles. The van der Waals surface area contributed by atoms with E-state index in [0.29, 0.717) is 35.5 Å². The molecule has 1 fully saturated rings. The molecule has 6 heteroatoms. The minimum atomic E-state index is -0.202. The van der Waals surface area contributed by atoms with E-state index in [2.05, 4.69) is 27.7 Å². The van der Waals surface area contributed by atoms with Gasteiger partial charge in [0, 0.05) is 25.6 Å². The van der Waals surface area contributed by atoms with Gasteiger partial charge in [-0.1, -0.05) is 18.2 Å². The first kappa shape index (κ1) is 15.1. The number of hydrogen-bond donors (Lipinski definition) is 1. The standard InChI is InChI=1S/C18H20N4O2/c23-17(19-11-14-10-12-4-5-13(14)9-12)7-6-15-18(24)22-8-2-1-3-16(22)21-20-15/h1-5,8,12-14H,6-7,9-11H2,(H,19,23)/t12-,13-,14-/m0/s1. The third-order valence-corrected chi connectivity index (χ3v) is 5.14. The van der Waals surface area contributed by atoms with E-state index in [1.54, 1.807) is 24.4 Å². The molecule has 0 spiro atoms. The van der Waals surface area contributed by atoms with Crippen LogP contribution in [0.4, 0.5) is 0 Å². The summed E-state index contributed by atoms with van der Waals surface area (Å²) < 4.78 is 1.46. The maximum absolute atomic E-state index is 12.3. The van der Waals surface area contributed by atoms with Crippen LogP contribution in [0.2, 0.25) is 0 Å². The van der Waals surface area contributed by atoms with E-state index < -0.39 is 0 Å². The molecule has 0 saturated heterocycles. The van der Waals surface area contributed by atoms with Crippen LogP contribution in [0.15, 0.2) is 41.3 Å². The zero-order valence-electron chi connectivity index (χ0n) is 13.4. The molecule has 2 aliphatic carbocycles. The Hall–Kier alpha value is -2.50. The summed E-state index contributed by atoms with van der Waals surface area (Å²) in [6, 6.07) is 5.31. The van der Waals surface area contributed by atoms with Crippen LogP contribution in [-0.2, 0) is 11.2 Å². The predicted octanol–water partition coefficient (Wildman–Crippen LogP) is 1.35. The van der Waals surface area contributed by atoms with Gasteiger partial charge in [-0.3, -0.25) is 14.0 Å². The van der Waals surface area contributed by atoms with Gasteiger partial charge in [0.15, 0.2) is 5.65 Å². The number of hydrogen-bond acceptors (Lipinski definition) is 4. The average Bonchev–Trinajstić information content (AvgIpc) is 3.22. The molecule has 0 unspecified atom stereocenters. The Labute approximate surface area is 139 Å². The van der Waals surface area contributed by atoms with Crippen LogP contribution in [0.5, 0.6) is 0 Å². The maximum Gasteiger partial charge on any atom is 0.279 e. The highest BCUT2D eigenvalue weighted by Crippen LogP contribution is 2.42. The van der Waals surface area contributed by atoms with Gasteiger partial charge >= 0.3 is 0 Å². The summed E-state index contributed by atoms with van der Waals surface area (Å²) in [6.07, 6.45) is 9.25. The second-order valence-electron chi connectivity index (χ2n) is 6.73. The molecule has 3 atom stereocenters. The SMILES string of the molecule is O=C(CCc1nnc2ccccn2c1=O)NC[C@@H]1C[C@H]2C=C[C@H]1C2. The first-order chi connectivity index (χ1) is 11.7. The summed E-state index contributed by atoms with van der Waals surface area (Å²) in [4.78, 5) is 24.4. The third-order valence-electron chi connectivity index (χ3n) is 5.14. The normalized spacial score (nSPS) is 24.6. The van der Waals surface area contributed by atoms with Crippen LogP contribution < -0.4 is 10.9 Å². The van der Waals surface area contributed by atoms with Gasteiger partial charge < -0.3 is 5.32 Å². The van der Waals surface area contributed by atoms with Crippen molar-refractivity contribution in [1.82, 2.24) is 19.9 Å². The highest BCUT2D eigenvalue weighted by Gasteiger charge is 2.35. The van der Waals surface area contributed by atoms with Crippen molar-refractivity contribution in [3.05, 3.63) is 52.6 Å². The highest BCUT2D eigenvalue weighted by atomic mass is 16.1. The number of aryl methyl sites for hydroxylation is 1. The summed E-state index contributed by atoms with van der Waals surface area (Å²) in [6.45, 7) is 0.729. The number of fused-ring (bicyclic) bond motifs is 3. The van der Waals surface area contributed by atoms with E-state index in [-0.39, 0.29) is 17.9 Å². The molecular formula is C18H20N4O2. The molecule has 2 bridgehead atoms.